The van der Waals surface area contributed by atoms with Crippen molar-refractivity contribution < 1.29 is 19.4 Å². The van der Waals surface area contributed by atoms with E-state index in [4.69, 9.17) is 21.7 Å². The van der Waals surface area contributed by atoms with E-state index in [0.717, 1.165) is 0 Å². The third kappa shape index (κ3) is 4.82. The van der Waals surface area contributed by atoms with Crippen molar-refractivity contribution in [1.82, 2.24) is 10.2 Å². The second kappa shape index (κ2) is 9.14. The van der Waals surface area contributed by atoms with E-state index < -0.39 is 5.97 Å². The Morgan fingerprint density at radius 3 is 2.28 bits per heavy atom. The molecule has 0 radical (unpaired) electrons. The molecule has 0 bridgehead atoms. The van der Waals surface area contributed by atoms with E-state index in [0.29, 0.717) is 28.4 Å². The number of para-hydroxylation sites is 1. The van der Waals surface area contributed by atoms with Crippen LogP contribution in [0.25, 0.3) is 11.5 Å². The summed E-state index contributed by atoms with van der Waals surface area (Å²) < 4.78 is 5.28. The number of rotatable bonds is 5. The Balaban J connectivity index is 1.66. The van der Waals surface area contributed by atoms with Gasteiger partial charge in [0.1, 0.15) is 5.75 Å². The molecule has 0 aliphatic carbocycles. The van der Waals surface area contributed by atoms with Crippen LogP contribution in [0.3, 0.4) is 0 Å². The summed E-state index contributed by atoms with van der Waals surface area (Å²) in [5.41, 5.74) is 2.23. The van der Waals surface area contributed by atoms with Crippen LogP contribution in [-0.4, -0.2) is 32.2 Å². The number of aromatic carboxylic acids is 1. The fraction of sp³-hybridized carbons (Fsp3) is 0. The van der Waals surface area contributed by atoms with Crippen molar-refractivity contribution in [3.8, 4) is 17.2 Å². The van der Waals surface area contributed by atoms with Crippen molar-refractivity contribution >= 4 is 35.4 Å². The molecule has 158 valence electrons. The van der Waals surface area contributed by atoms with E-state index in [1.165, 1.54) is 18.2 Å². The SMILES string of the molecule is O=C(O)c1ccc(N=C(N=Nc2ccc(-c3n[nH]c(=S)o3)cc2)c2ccccc2O)cc1. The lowest BCUT2D eigenvalue weighted by Gasteiger charge is -2.04. The van der Waals surface area contributed by atoms with Crippen molar-refractivity contribution in [3.63, 3.8) is 0 Å². The number of aromatic nitrogens is 2. The third-order valence-corrected chi connectivity index (χ3v) is 4.48. The van der Waals surface area contributed by atoms with Gasteiger partial charge in [0.15, 0.2) is 5.84 Å². The van der Waals surface area contributed by atoms with Crippen molar-refractivity contribution in [2.45, 2.75) is 0 Å². The van der Waals surface area contributed by atoms with Crippen LogP contribution in [-0.2, 0) is 0 Å². The first kappa shape index (κ1) is 20.8. The first-order chi connectivity index (χ1) is 15.5. The number of phenolic OH excluding ortho intramolecular Hbond substituents is 1. The first-order valence-electron chi connectivity index (χ1n) is 9.28. The molecule has 0 amide bonds. The van der Waals surface area contributed by atoms with E-state index in [1.54, 1.807) is 54.6 Å². The molecule has 0 fully saturated rings. The Labute approximate surface area is 186 Å². The highest BCUT2D eigenvalue weighted by molar-refractivity contribution is 7.71. The molecule has 4 aromatic rings. The van der Waals surface area contributed by atoms with Gasteiger partial charge in [0.2, 0.25) is 5.89 Å². The summed E-state index contributed by atoms with van der Waals surface area (Å²) in [5.74, 6) is -0.521. The average Bonchev–Trinajstić information content (AvgIpc) is 3.24. The van der Waals surface area contributed by atoms with Crippen LogP contribution in [0.4, 0.5) is 11.4 Å². The lowest BCUT2D eigenvalue weighted by Crippen LogP contribution is -1.97. The van der Waals surface area contributed by atoms with E-state index in [9.17, 15) is 9.90 Å². The molecule has 3 aromatic carbocycles. The number of nitrogens with one attached hydrogen (secondary N) is 1. The summed E-state index contributed by atoms with van der Waals surface area (Å²) in [6, 6.07) is 19.5. The molecule has 0 unspecified atom stereocenters. The first-order valence-corrected chi connectivity index (χ1v) is 9.68. The number of aliphatic imine (C=N–C) groups is 1. The van der Waals surface area contributed by atoms with Gasteiger partial charge < -0.3 is 14.6 Å². The van der Waals surface area contributed by atoms with E-state index in [-0.39, 0.29) is 22.0 Å². The minimum atomic E-state index is -1.03. The monoisotopic (exact) mass is 445 g/mol. The number of aromatic hydroxyl groups is 1. The molecular formula is C22H15N5O4S. The number of benzene rings is 3. The molecule has 0 atom stereocenters. The number of H-pyrrole nitrogens is 1. The van der Waals surface area contributed by atoms with Crippen LogP contribution < -0.4 is 0 Å². The number of amidine groups is 1. The molecule has 3 N–H and O–H groups in total. The predicted octanol–water partition coefficient (Wildman–Crippen LogP) is 5.67. The quantitative estimate of drug-likeness (QED) is 0.157. The predicted molar refractivity (Wildman–Crippen MR) is 119 cm³/mol. The molecule has 1 aromatic heterocycles. The summed E-state index contributed by atoms with van der Waals surface area (Å²) in [6.45, 7) is 0. The maximum absolute atomic E-state index is 11.1. The fourth-order valence-corrected chi connectivity index (χ4v) is 2.85. The summed E-state index contributed by atoms with van der Waals surface area (Å²) in [6.07, 6.45) is 0. The van der Waals surface area contributed by atoms with Gasteiger partial charge >= 0.3 is 5.97 Å². The second-order valence-corrected chi connectivity index (χ2v) is 6.84. The highest BCUT2D eigenvalue weighted by Crippen LogP contribution is 2.24. The standard InChI is InChI=1S/C22H15N5O4S/c28-18-4-2-1-3-17(18)19(23-15-9-7-14(8-10-15)21(29)30)25-24-16-11-5-13(6-12-16)20-26-27-22(32)31-20/h1-12,28H,(H,27,32)(H,29,30). The van der Waals surface area contributed by atoms with Crippen LogP contribution in [0.15, 0.2) is 92.4 Å². The number of carbonyl (C=O) groups is 1. The number of azo groups is 1. The minimum Gasteiger partial charge on any atom is -0.507 e. The molecule has 10 heteroatoms. The zero-order chi connectivity index (χ0) is 22.5. The number of phenols is 1. The van der Waals surface area contributed by atoms with Crippen LogP contribution in [0.1, 0.15) is 15.9 Å². The Hall–Kier alpha value is -4.44. The van der Waals surface area contributed by atoms with Gasteiger partial charge in [0.25, 0.3) is 4.84 Å². The molecule has 1 heterocycles. The maximum atomic E-state index is 11.1. The third-order valence-electron chi connectivity index (χ3n) is 4.31. The Kier molecular flexibility index (Phi) is 5.95. The highest BCUT2D eigenvalue weighted by Gasteiger charge is 2.10. The van der Waals surface area contributed by atoms with Gasteiger partial charge in [0, 0.05) is 5.56 Å². The van der Waals surface area contributed by atoms with Gasteiger partial charge in [-0.25, -0.2) is 14.9 Å². The molecule has 9 nitrogen and oxygen atoms in total. The molecule has 4 rings (SSSR count). The van der Waals surface area contributed by atoms with Gasteiger partial charge in [-0.15, -0.1) is 15.3 Å². The molecule has 0 aliphatic heterocycles. The largest absolute Gasteiger partial charge is 0.507 e. The van der Waals surface area contributed by atoms with Crippen LogP contribution in [0, 0.1) is 4.84 Å². The highest BCUT2D eigenvalue weighted by atomic mass is 32.1. The van der Waals surface area contributed by atoms with Crippen molar-refractivity contribution in [2.24, 2.45) is 15.2 Å². The average molecular weight is 445 g/mol. The maximum Gasteiger partial charge on any atom is 0.335 e. The van der Waals surface area contributed by atoms with Gasteiger partial charge in [-0.05, 0) is 72.9 Å². The molecule has 32 heavy (non-hydrogen) atoms. The summed E-state index contributed by atoms with van der Waals surface area (Å²) in [5, 5.41) is 34.3. The second-order valence-electron chi connectivity index (χ2n) is 6.47. The van der Waals surface area contributed by atoms with Gasteiger partial charge in [0.05, 0.1) is 22.5 Å². The molecular weight excluding hydrogens is 430 g/mol. The molecule has 0 spiro atoms. The molecule has 0 saturated carbocycles. The van der Waals surface area contributed by atoms with Gasteiger partial charge in [-0.3, -0.25) is 0 Å². The van der Waals surface area contributed by atoms with Crippen LogP contribution in [0.5, 0.6) is 5.75 Å². The van der Waals surface area contributed by atoms with Gasteiger partial charge in [-0.2, -0.15) is 0 Å². The summed E-state index contributed by atoms with van der Waals surface area (Å²) >= 11 is 4.88. The molecule has 0 aliphatic rings. The number of nitrogens with zero attached hydrogens (tertiary/aromatic N) is 4. The number of aromatic amines is 1. The van der Waals surface area contributed by atoms with Gasteiger partial charge in [-0.1, -0.05) is 12.1 Å². The smallest absolute Gasteiger partial charge is 0.335 e. The van der Waals surface area contributed by atoms with Crippen LogP contribution in [0.2, 0.25) is 0 Å². The van der Waals surface area contributed by atoms with Crippen molar-refractivity contribution in [1.29, 1.82) is 0 Å². The molecule has 0 saturated heterocycles. The normalized spacial score (nSPS) is 11.7. The Morgan fingerprint density at radius 1 is 0.969 bits per heavy atom. The van der Waals surface area contributed by atoms with Crippen molar-refractivity contribution in [2.75, 3.05) is 0 Å². The lowest BCUT2D eigenvalue weighted by atomic mass is 10.1. The zero-order valence-corrected chi connectivity index (χ0v) is 17.2. The zero-order valence-electron chi connectivity index (χ0n) is 16.3. The van der Waals surface area contributed by atoms with Crippen molar-refractivity contribution in [3.05, 3.63) is 88.8 Å². The van der Waals surface area contributed by atoms with E-state index in [2.05, 4.69) is 25.4 Å². The summed E-state index contributed by atoms with van der Waals surface area (Å²) in [4.78, 5) is 15.7. The summed E-state index contributed by atoms with van der Waals surface area (Å²) in [7, 11) is 0. The number of hydrogen-bond acceptors (Lipinski definition) is 7. The van der Waals surface area contributed by atoms with E-state index in [1.807, 2.05) is 0 Å². The number of hydrogen-bond donors (Lipinski definition) is 3. The Bertz CT molecular complexity index is 1370. The Morgan fingerprint density at radius 2 is 1.66 bits per heavy atom. The minimum absolute atomic E-state index is 0.0115. The number of carboxylic acids is 1. The van der Waals surface area contributed by atoms with Crippen LogP contribution >= 0.6 is 12.2 Å². The topological polar surface area (TPSA) is 136 Å². The number of carboxylic acid groups (broad SMARTS) is 1. The fourth-order valence-electron chi connectivity index (χ4n) is 2.73. The lowest BCUT2D eigenvalue weighted by molar-refractivity contribution is 0.0697. The van der Waals surface area contributed by atoms with E-state index >= 15 is 0 Å².